The second-order valence-corrected chi connectivity index (χ2v) is 6.81. The maximum absolute atomic E-state index is 12.7. The van der Waals surface area contributed by atoms with Gasteiger partial charge < -0.3 is 14.5 Å². The molecule has 27 heavy (non-hydrogen) atoms. The van der Waals surface area contributed by atoms with Crippen LogP contribution in [0.4, 0.5) is 0 Å². The van der Waals surface area contributed by atoms with Crippen LogP contribution in [0.2, 0.25) is 0 Å². The molecule has 2 aromatic rings. The Hall–Kier alpha value is -2.89. The van der Waals surface area contributed by atoms with Crippen LogP contribution in [-0.4, -0.2) is 53.3 Å². The molecule has 0 unspecified atom stereocenters. The Bertz CT molecular complexity index is 744. The topological polar surface area (TPSA) is 62.7 Å². The first-order chi connectivity index (χ1) is 13.1. The molecule has 0 spiro atoms. The number of hydrogen-bond donors (Lipinski definition) is 0. The Labute approximate surface area is 159 Å². The Morgan fingerprint density at radius 2 is 1.89 bits per heavy atom. The number of nitrogens with zero attached hydrogens (tertiary/aromatic N) is 3. The molecule has 2 heterocycles. The van der Waals surface area contributed by atoms with Gasteiger partial charge in [-0.05, 0) is 36.6 Å². The van der Waals surface area contributed by atoms with Crippen LogP contribution in [0.15, 0.2) is 54.9 Å². The van der Waals surface area contributed by atoms with Gasteiger partial charge in [-0.3, -0.25) is 14.6 Å². The number of likely N-dealkylation sites (tertiary alicyclic amines) is 1. The zero-order valence-electron chi connectivity index (χ0n) is 15.6. The van der Waals surface area contributed by atoms with E-state index >= 15 is 0 Å². The average molecular weight is 367 g/mol. The van der Waals surface area contributed by atoms with Crippen molar-refractivity contribution < 1.29 is 14.3 Å². The van der Waals surface area contributed by atoms with Gasteiger partial charge in [0.2, 0.25) is 5.91 Å². The van der Waals surface area contributed by atoms with Gasteiger partial charge in [-0.15, -0.1) is 0 Å². The fourth-order valence-electron chi connectivity index (χ4n) is 3.28. The summed E-state index contributed by atoms with van der Waals surface area (Å²) in [5.41, 5.74) is 1.01. The van der Waals surface area contributed by atoms with Gasteiger partial charge in [0.05, 0.1) is 0 Å². The van der Waals surface area contributed by atoms with Crippen molar-refractivity contribution in [3.8, 4) is 5.75 Å². The van der Waals surface area contributed by atoms with Crippen LogP contribution >= 0.6 is 0 Å². The predicted molar refractivity (Wildman–Crippen MR) is 102 cm³/mol. The Morgan fingerprint density at radius 1 is 1.15 bits per heavy atom. The van der Waals surface area contributed by atoms with Gasteiger partial charge in [-0.2, -0.15) is 0 Å². The highest BCUT2D eigenvalue weighted by atomic mass is 16.5. The number of amides is 2. The van der Waals surface area contributed by atoms with E-state index in [0.717, 1.165) is 5.56 Å². The van der Waals surface area contributed by atoms with Crippen LogP contribution in [-0.2, 0) is 16.1 Å². The number of ether oxygens (including phenoxy) is 1. The molecule has 2 amide bonds. The van der Waals surface area contributed by atoms with Crippen molar-refractivity contribution in [3.05, 3.63) is 60.4 Å². The minimum absolute atomic E-state index is 0.0313. The van der Waals surface area contributed by atoms with E-state index in [9.17, 15) is 9.59 Å². The number of carbonyl (C=O) groups excluding carboxylic acids is 2. The summed E-state index contributed by atoms with van der Waals surface area (Å²) in [4.78, 5) is 32.6. The molecular weight excluding hydrogens is 342 g/mol. The molecule has 1 fully saturated rings. The molecule has 0 bridgehead atoms. The van der Waals surface area contributed by atoms with E-state index in [-0.39, 0.29) is 24.3 Å². The van der Waals surface area contributed by atoms with Crippen LogP contribution in [0.25, 0.3) is 0 Å². The van der Waals surface area contributed by atoms with E-state index in [0.29, 0.717) is 38.2 Å². The summed E-state index contributed by atoms with van der Waals surface area (Å²) in [6, 6.07) is 13.1. The van der Waals surface area contributed by atoms with E-state index in [1.807, 2.05) is 49.5 Å². The molecule has 142 valence electrons. The summed E-state index contributed by atoms with van der Waals surface area (Å²) in [5.74, 6) is 0.749. The second kappa shape index (κ2) is 9.16. The summed E-state index contributed by atoms with van der Waals surface area (Å²) < 4.78 is 5.53. The molecule has 3 rings (SSSR count). The number of pyridine rings is 1. The molecule has 1 aromatic carbocycles. The minimum Gasteiger partial charge on any atom is -0.484 e. The quantitative estimate of drug-likeness (QED) is 0.786. The Morgan fingerprint density at radius 3 is 2.56 bits per heavy atom. The van der Waals surface area contributed by atoms with Gasteiger partial charge in [0, 0.05) is 45.0 Å². The lowest BCUT2D eigenvalue weighted by molar-refractivity contribution is -0.141. The van der Waals surface area contributed by atoms with Crippen LogP contribution in [0.5, 0.6) is 5.75 Å². The molecule has 0 aliphatic carbocycles. The summed E-state index contributed by atoms with van der Waals surface area (Å²) in [6.07, 6.45) is 4.87. The Balaban J connectivity index is 1.43. The predicted octanol–water partition coefficient (Wildman–Crippen LogP) is 2.36. The number of para-hydroxylation sites is 1. The van der Waals surface area contributed by atoms with Crippen molar-refractivity contribution in [2.75, 3.05) is 26.7 Å². The first-order valence-electron chi connectivity index (χ1n) is 9.23. The maximum atomic E-state index is 12.7. The third-order valence-electron chi connectivity index (χ3n) is 4.82. The van der Waals surface area contributed by atoms with Crippen LogP contribution in [0.3, 0.4) is 0 Å². The van der Waals surface area contributed by atoms with Gasteiger partial charge in [0.25, 0.3) is 5.91 Å². The molecule has 1 aliphatic rings. The van der Waals surface area contributed by atoms with Gasteiger partial charge in [-0.1, -0.05) is 24.3 Å². The monoisotopic (exact) mass is 367 g/mol. The van der Waals surface area contributed by atoms with Gasteiger partial charge >= 0.3 is 0 Å². The van der Waals surface area contributed by atoms with Crippen LogP contribution < -0.4 is 4.74 Å². The first kappa shape index (κ1) is 18.9. The zero-order valence-corrected chi connectivity index (χ0v) is 15.6. The number of piperidine rings is 1. The summed E-state index contributed by atoms with van der Waals surface area (Å²) in [5, 5.41) is 0. The standard InChI is InChI=1S/C21H25N3O3/c1-23(15-17-6-5-11-22-14-17)21(26)18-9-12-24(13-10-18)20(25)16-27-19-7-3-2-4-8-19/h2-8,11,14,18H,9-10,12-13,15-16H2,1H3. The largest absolute Gasteiger partial charge is 0.484 e. The molecule has 1 aromatic heterocycles. The average Bonchev–Trinajstić information content (AvgIpc) is 2.73. The molecule has 0 radical (unpaired) electrons. The number of benzene rings is 1. The molecule has 1 saturated heterocycles. The summed E-state index contributed by atoms with van der Waals surface area (Å²) in [6.45, 7) is 1.77. The van der Waals surface area contributed by atoms with Crippen LogP contribution in [0, 0.1) is 5.92 Å². The zero-order chi connectivity index (χ0) is 19.1. The smallest absolute Gasteiger partial charge is 0.260 e. The SMILES string of the molecule is CN(Cc1cccnc1)C(=O)C1CCN(C(=O)COc2ccccc2)CC1. The molecule has 0 atom stereocenters. The van der Waals surface area contributed by atoms with E-state index in [1.54, 1.807) is 22.2 Å². The van der Waals surface area contributed by atoms with E-state index in [2.05, 4.69) is 4.98 Å². The Kier molecular flexibility index (Phi) is 6.41. The second-order valence-electron chi connectivity index (χ2n) is 6.81. The lowest BCUT2D eigenvalue weighted by atomic mass is 9.95. The van der Waals surface area contributed by atoms with Gasteiger partial charge in [0.15, 0.2) is 6.61 Å². The molecule has 0 saturated carbocycles. The number of hydrogen-bond acceptors (Lipinski definition) is 4. The van der Waals surface area contributed by atoms with Crippen molar-refractivity contribution >= 4 is 11.8 Å². The van der Waals surface area contributed by atoms with Crippen molar-refractivity contribution in [2.24, 2.45) is 5.92 Å². The first-order valence-corrected chi connectivity index (χ1v) is 9.23. The van der Waals surface area contributed by atoms with Crippen molar-refractivity contribution in [1.29, 1.82) is 0 Å². The minimum atomic E-state index is -0.0363. The number of aromatic nitrogens is 1. The fourth-order valence-corrected chi connectivity index (χ4v) is 3.28. The highest BCUT2D eigenvalue weighted by Crippen LogP contribution is 2.20. The van der Waals surface area contributed by atoms with E-state index in [4.69, 9.17) is 4.74 Å². The van der Waals surface area contributed by atoms with Crippen molar-refractivity contribution in [2.45, 2.75) is 19.4 Å². The highest BCUT2D eigenvalue weighted by molar-refractivity contribution is 5.80. The molecule has 0 N–H and O–H groups in total. The van der Waals surface area contributed by atoms with Crippen molar-refractivity contribution in [1.82, 2.24) is 14.8 Å². The maximum Gasteiger partial charge on any atom is 0.260 e. The third-order valence-corrected chi connectivity index (χ3v) is 4.82. The lowest BCUT2D eigenvalue weighted by Gasteiger charge is -2.33. The van der Waals surface area contributed by atoms with Gasteiger partial charge in [0.1, 0.15) is 5.75 Å². The lowest BCUT2D eigenvalue weighted by Crippen LogP contribution is -2.44. The highest BCUT2D eigenvalue weighted by Gasteiger charge is 2.29. The van der Waals surface area contributed by atoms with Gasteiger partial charge in [-0.25, -0.2) is 0 Å². The summed E-state index contributed by atoms with van der Waals surface area (Å²) in [7, 11) is 1.82. The number of rotatable bonds is 6. The van der Waals surface area contributed by atoms with E-state index in [1.165, 1.54) is 0 Å². The third kappa shape index (κ3) is 5.29. The summed E-state index contributed by atoms with van der Waals surface area (Å²) >= 11 is 0. The molecular formula is C21H25N3O3. The normalized spacial score (nSPS) is 14.6. The van der Waals surface area contributed by atoms with Crippen molar-refractivity contribution in [3.63, 3.8) is 0 Å². The number of carbonyl (C=O) groups is 2. The van der Waals surface area contributed by atoms with Crippen LogP contribution in [0.1, 0.15) is 18.4 Å². The molecule has 6 nitrogen and oxygen atoms in total. The fraction of sp³-hybridized carbons (Fsp3) is 0.381. The molecule has 6 heteroatoms. The van der Waals surface area contributed by atoms with E-state index < -0.39 is 0 Å². The molecule has 1 aliphatic heterocycles.